The van der Waals surface area contributed by atoms with Crippen molar-refractivity contribution in [2.45, 2.75) is 20.3 Å². The Morgan fingerprint density at radius 3 is 2.24 bits per heavy atom. The van der Waals surface area contributed by atoms with Gasteiger partial charge in [0, 0.05) is 17.7 Å². The molecule has 0 aromatic heterocycles. The van der Waals surface area contributed by atoms with E-state index >= 15 is 0 Å². The summed E-state index contributed by atoms with van der Waals surface area (Å²) in [6.45, 7) is 3.38. The minimum absolute atomic E-state index is 0.00261. The van der Waals surface area contributed by atoms with Gasteiger partial charge in [-0.15, -0.1) is 0 Å². The smallest absolute Gasteiger partial charge is 0.331 e. The number of rotatable bonds is 4. The number of carbonyl (C=O) groups is 1. The molecule has 0 aliphatic heterocycles. The number of nitro benzene ring substituents is 1. The van der Waals surface area contributed by atoms with E-state index in [2.05, 4.69) is 0 Å². The Morgan fingerprint density at radius 1 is 1.35 bits per heavy atom. The number of carboxylic acids is 1. The topological polar surface area (TPSA) is 80.4 Å². The fourth-order valence-electron chi connectivity index (χ4n) is 1.60. The van der Waals surface area contributed by atoms with Crippen LogP contribution in [0.4, 0.5) is 5.69 Å². The van der Waals surface area contributed by atoms with Gasteiger partial charge in [-0.05, 0) is 36.6 Å². The van der Waals surface area contributed by atoms with Crippen LogP contribution in [0.15, 0.2) is 29.8 Å². The molecule has 0 saturated carbocycles. The highest BCUT2D eigenvalue weighted by atomic mass is 16.6. The van der Waals surface area contributed by atoms with Gasteiger partial charge in [0.2, 0.25) is 0 Å². The number of hydrogen-bond donors (Lipinski definition) is 1. The lowest BCUT2D eigenvalue weighted by atomic mass is 9.98. The third-order valence-electron chi connectivity index (χ3n) is 2.55. The molecule has 0 saturated heterocycles. The lowest BCUT2D eigenvalue weighted by molar-refractivity contribution is -0.384. The summed E-state index contributed by atoms with van der Waals surface area (Å²) in [6, 6.07) is 5.90. The average Bonchev–Trinajstić information content (AvgIpc) is 2.30. The van der Waals surface area contributed by atoms with Crippen molar-refractivity contribution in [2.75, 3.05) is 0 Å². The average molecular weight is 235 g/mol. The van der Waals surface area contributed by atoms with Crippen molar-refractivity contribution in [3.63, 3.8) is 0 Å². The lowest BCUT2D eigenvalue weighted by Gasteiger charge is -2.07. The number of hydrogen-bond acceptors (Lipinski definition) is 3. The minimum Gasteiger partial charge on any atom is -0.478 e. The Kier molecular flexibility index (Phi) is 3.98. The molecular weight excluding hydrogens is 222 g/mol. The molecule has 0 radical (unpaired) electrons. The molecule has 5 heteroatoms. The monoisotopic (exact) mass is 235 g/mol. The maximum Gasteiger partial charge on any atom is 0.331 e. The van der Waals surface area contributed by atoms with Gasteiger partial charge >= 0.3 is 5.97 Å². The molecule has 0 unspecified atom stereocenters. The molecule has 5 nitrogen and oxygen atoms in total. The fourth-order valence-corrected chi connectivity index (χ4v) is 1.60. The summed E-state index contributed by atoms with van der Waals surface area (Å²) in [6.07, 6.45) is 0.565. The van der Waals surface area contributed by atoms with Crippen molar-refractivity contribution in [1.82, 2.24) is 0 Å². The van der Waals surface area contributed by atoms with Crippen molar-refractivity contribution in [1.29, 1.82) is 0 Å². The van der Waals surface area contributed by atoms with Crippen molar-refractivity contribution < 1.29 is 14.8 Å². The van der Waals surface area contributed by atoms with E-state index in [9.17, 15) is 14.9 Å². The highest BCUT2D eigenvalue weighted by Gasteiger charge is 2.11. The molecule has 1 N–H and O–H groups in total. The van der Waals surface area contributed by atoms with Crippen LogP contribution in [0.1, 0.15) is 25.8 Å². The summed E-state index contributed by atoms with van der Waals surface area (Å²) in [5.74, 6) is -0.972. The number of benzene rings is 1. The highest BCUT2D eigenvalue weighted by molar-refractivity contribution is 5.95. The molecule has 90 valence electrons. The second kappa shape index (κ2) is 5.25. The number of non-ortho nitro benzene ring substituents is 1. The Balaban J connectivity index is 3.19. The zero-order chi connectivity index (χ0) is 13.0. The summed E-state index contributed by atoms with van der Waals surface area (Å²) in [4.78, 5) is 20.9. The van der Waals surface area contributed by atoms with Gasteiger partial charge in [-0.2, -0.15) is 0 Å². The van der Waals surface area contributed by atoms with Gasteiger partial charge in [-0.25, -0.2) is 4.79 Å². The van der Waals surface area contributed by atoms with E-state index in [1.807, 2.05) is 6.92 Å². The van der Waals surface area contributed by atoms with Gasteiger partial charge in [0.25, 0.3) is 5.69 Å². The summed E-state index contributed by atoms with van der Waals surface area (Å²) < 4.78 is 0. The standard InChI is InChI=1S/C12H13NO4/c1-3-11(8(2)12(14)15)9-4-6-10(7-5-9)13(16)17/h4-7H,3H2,1-2H3,(H,14,15). The number of allylic oxidation sites excluding steroid dienone is 1. The molecule has 0 bridgehead atoms. The van der Waals surface area contributed by atoms with Crippen molar-refractivity contribution >= 4 is 17.2 Å². The molecule has 1 aromatic carbocycles. The largest absolute Gasteiger partial charge is 0.478 e. The fraction of sp³-hybridized carbons (Fsp3) is 0.250. The number of carboxylic acid groups (broad SMARTS) is 1. The molecule has 0 atom stereocenters. The Hall–Kier alpha value is -2.17. The molecule has 0 amide bonds. The molecule has 0 heterocycles. The van der Waals surface area contributed by atoms with Gasteiger partial charge in [-0.1, -0.05) is 6.92 Å². The van der Waals surface area contributed by atoms with E-state index in [1.165, 1.54) is 19.1 Å². The SMILES string of the molecule is CCC(=C(C)C(=O)O)c1ccc([N+](=O)[O-])cc1. The van der Waals surface area contributed by atoms with Crippen LogP contribution in [0.5, 0.6) is 0 Å². The summed E-state index contributed by atoms with van der Waals surface area (Å²) >= 11 is 0. The van der Waals surface area contributed by atoms with E-state index in [0.717, 1.165) is 0 Å². The summed E-state index contributed by atoms with van der Waals surface area (Å²) in [5, 5.41) is 19.4. The van der Waals surface area contributed by atoms with E-state index in [4.69, 9.17) is 5.11 Å². The molecule has 0 fully saturated rings. The van der Waals surface area contributed by atoms with E-state index in [0.29, 0.717) is 17.6 Å². The zero-order valence-corrected chi connectivity index (χ0v) is 9.64. The van der Waals surface area contributed by atoms with Crippen LogP contribution in [0.25, 0.3) is 5.57 Å². The van der Waals surface area contributed by atoms with Crippen LogP contribution in [-0.2, 0) is 4.79 Å². The summed E-state index contributed by atoms with van der Waals surface area (Å²) in [7, 11) is 0. The van der Waals surface area contributed by atoms with Crippen molar-refractivity contribution in [2.24, 2.45) is 0 Å². The van der Waals surface area contributed by atoms with Crippen LogP contribution in [0.2, 0.25) is 0 Å². The number of nitro groups is 1. The minimum atomic E-state index is -0.972. The van der Waals surface area contributed by atoms with E-state index in [-0.39, 0.29) is 11.3 Å². The molecule has 1 aromatic rings. The first-order chi connectivity index (χ1) is 7.97. The molecule has 17 heavy (non-hydrogen) atoms. The maximum absolute atomic E-state index is 10.9. The van der Waals surface area contributed by atoms with Gasteiger partial charge in [-0.3, -0.25) is 10.1 Å². The maximum atomic E-state index is 10.9. The van der Waals surface area contributed by atoms with E-state index in [1.54, 1.807) is 12.1 Å². The first-order valence-corrected chi connectivity index (χ1v) is 5.15. The third kappa shape index (κ3) is 2.90. The first-order valence-electron chi connectivity index (χ1n) is 5.15. The van der Waals surface area contributed by atoms with E-state index < -0.39 is 10.9 Å². The Bertz CT molecular complexity index is 474. The van der Waals surface area contributed by atoms with Crippen LogP contribution < -0.4 is 0 Å². The molecule has 0 aliphatic carbocycles. The van der Waals surface area contributed by atoms with Crippen molar-refractivity contribution in [3.8, 4) is 0 Å². The molecule has 0 spiro atoms. The Labute approximate surface area is 98.5 Å². The van der Waals surface area contributed by atoms with Crippen LogP contribution >= 0.6 is 0 Å². The normalized spacial score (nSPS) is 11.9. The summed E-state index contributed by atoms with van der Waals surface area (Å²) in [5.41, 5.74) is 1.66. The second-order valence-corrected chi connectivity index (χ2v) is 3.57. The predicted octanol–water partition coefficient (Wildman–Crippen LogP) is 2.86. The van der Waals surface area contributed by atoms with Gasteiger partial charge < -0.3 is 5.11 Å². The third-order valence-corrected chi connectivity index (χ3v) is 2.55. The van der Waals surface area contributed by atoms with Gasteiger partial charge in [0.1, 0.15) is 0 Å². The predicted molar refractivity (Wildman–Crippen MR) is 63.6 cm³/mol. The molecular formula is C12H13NO4. The van der Waals surface area contributed by atoms with Gasteiger partial charge in [0.05, 0.1) is 4.92 Å². The van der Waals surface area contributed by atoms with Crippen LogP contribution in [0.3, 0.4) is 0 Å². The van der Waals surface area contributed by atoms with Crippen LogP contribution in [0, 0.1) is 10.1 Å². The van der Waals surface area contributed by atoms with Gasteiger partial charge in [0.15, 0.2) is 0 Å². The number of nitrogens with zero attached hydrogens (tertiary/aromatic N) is 1. The second-order valence-electron chi connectivity index (χ2n) is 3.57. The quantitative estimate of drug-likeness (QED) is 0.494. The Morgan fingerprint density at radius 2 is 1.88 bits per heavy atom. The first kappa shape index (κ1) is 12.9. The highest BCUT2D eigenvalue weighted by Crippen LogP contribution is 2.24. The zero-order valence-electron chi connectivity index (χ0n) is 9.64. The molecule has 1 rings (SSSR count). The lowest BCUT2D eigenvalue weighted by Crippen LogP contribution is -2.00. The van der Waals surface area contributed by atoms with Crippen molar-refractivity contribution in [3.05, 3.63) is 45.5 Å². The molecule has 0 aliphatic rings. The number of aliphatic carboxylic acids is 1. The van der Waals surface area contributed by atoms with Crippen LogP contribution in [-0.4, -0.2) is 16.0 Å².